The summed E-state index contributed by atoms with van der Waals surface area (Å²) in [6.07, 6.45) is 11.0. The van der Waals surface area contributed by atoms with Crippen molar-refractivity contribution >= 4 is 35.1 Å². The molecule has 1 aromatic carbocycles. The summed E-state index contributed by atoms with van der Waals surface area (Å²) in [5.74, 6) is -0.910. The maximum atomic E-state index is 12.0. The lowest BCUT2D eigenvalue weighted by Crippen LogP contribution is -2.11. The van der Waals surface area contributed by atoms with E-state index >= 15 is 0 Å². The van der Waals surface area contributed by atoms with E-state index in [0.717, 1.165) is 12.8 Å². The third kappa shape index (κ3) is 11.2. The normalized spacial score (nSPS) is 10.8. The molecule has 4 nitrogen and oxygen atoms in total. The Balaban J connectivity index is 2.17. The number of esters is 2. The second-order valence-electron chi connectivity index (χ2n) is 6.53. The Morgan fingerprint density at radius 1 is 0.778 bits per heavy atom. The zero-order valence-corrected chi connectivity index (χ0v) is 17.6. The number of alkyl halides is 2. The van der Waals surface area contributed by atoms with Gasteiger partial charge in [-0.1, -0.05) is 58.3 Å². The largest absolute Gasteiger partial charge is 0.462 e. The molecule has 27 heavy (non-hydrogen) atoms. The summed E-state index contributed by atoms with van der Waals surface area (Å²) in [5, 5.41) is 0. The Hall–Kier alpha value is -1.26. The highest BCUT2D eigenvalue weighted by atomic mass is 35.5. The fourth-order valence-electron chi connectivity index (χ4n) is 2.63. The molecule has 0 spiro atoms. The quantitative estimate of drug-likeness (QED) is 0.202. The van der Waals surface area contributed by atoms with Crippen LogP contribution in [0, 0.1) is 0 Å². The molecule has 0 saturated heterocycles. The van der Waals surface area contributed by atoms with Crippen LogP contribution in [0.3, 0.4) is 0 Å². The topological polar surface area (TPSA) is 52.6 Å². The summed E-state index contributed by atoms with van der Waals surface area (Å²) in [4.78, 5) is 23.0. The third-order valence-electron chi connectivity index (χ3n) is 4.18. The van der Waals surface area contributed by atoms with Gasteiger partial charge in [0, 0.05) is 0 Å². The van der Waals surface area contributed by atoms with E-state index in [9.17, 15) is 9.59 Å². The second kappa shape index (κ2) is 14.8. The van der Waals surface area contributed by atoms with Gasteiger partial charge in [0.1, 0.15) is 11.4 Å². The molecule has 152 valence electrons. The van der Waals surface area contributed by atoms with E-state index in [1.54, 1.807) is 12.1 Å². The van der Waals surface area contributed by atoms with Crippen LogP contribution >= 0.6 is 23.2 Å². The highest BCUT2D eigenvalue weighted by Gasteiger charge is 2.12. The number of hydrogen-bond acceptors (Lipinski definition) is 4. The van der Waals surface area contributed by atoms with Gasteiger partial charge in [-0.25, -0.2) is 9.59 Å². The molecule has 0 fully saturated rings. The van der Waals surface area contributed by atoms with Gasteiger partial charge in [0.2, 0.25) is 0 Å². The zero-order chi connectivity index (χ0) is 19.9. The first-order valence-electron chi connectivity index (χ1n) is 9.77. The van der Waals surface area contributed by atoms with Gasteiger partial charge in [0.15, 0.2) is 0 Å². The lowest BCUT2D eigenvalue weighted by molar-refractivity contribution is 0.0490. The van der Waals surface area contributed by atoms with Gasteiger partial charge < -0.3 is 9.47 Å². The molecule has 6 heteroatoms. The first-order chi connectivity index (χ1) is 13.0. The molecule has 1 rings (SSSR count). The average Bonchev–Trinajstić information content (AvgIpc) is 2.67. The average molecular weight is 417 g/mol. The van der Waals surface area contributed by atoms with Crippen molar-refractivity contribution in [3.05, 3.63) is 35.4 Å². The Morgan fingerprint density at radius 2 is 1.22 bits per heavy atom. The van der Waals surface area contributed by atoms with Gasteiger partial charge in [-0.15, -0.1) is 23.2 Å². The predicted octanol–water partition coefficient (Wildman–Crippen LogP) is 6.33. The molecule has 0 bridgehead atoms. The van der Waals surface area contributed by atoms with Crippen LogP contribution in [0.25, 0.3) is 0 Å². The Bertz CT molecular complexity index is 544. The van der Waals surface area contributed by atoms with Crippen molar-refractivity contribution in [2.24, 2.45) is 0 Å². The number of hydrogen-bond donors (Lipinski definition) is 0. The van der Waals surface area contributed by atoms with Crippen LogP contribution in [-0.4, -0.2) is 30.0 Å². The lowest BCUT2D eigenvalue weighted by Gasteiger charge is -2.07. The molecular weight excluding hydrogens is 387 g/mol. The smallest absolute Gasteiger partial charge is 0.338 e. The highest BCUT2D eigenvalue weighted by molar-refractivity contribution is 6.44. The zero-order valence-electron chi connectivity index (χ0n) is 16.1. The minimum Gasteiger partial charge on any atom is -0.462 e. The van der Waals surface area contributed by atoms with E-state index < -0.39 is 10.8 Å². The number of benzene rings is 1. The standard InChI is InChI=1S/C21H30Cl2O4/c1-2-3-4-5-6-7-8-9-10-15-26-20(24)17-11-13-18(14-12-17)21(25)27-16-19(22)23/h11-14,19H,2-10,15-16H2,1H3. The van der Waals surface area contributed by atoms with E-state index in [0.29, 0.717) is 17.7 Å². The molecule has 0 saturated carbocycles. The fourth-order valence-corrected chi connectivity index (χ4v) is 2.75. The molecule has 0 radical (unpaired) electrons. The van der Waals surface area contributed by atoms with Gasteiger partial charge in [-0.05, 0) is 30.7 Å². The van der Waals surface area contributed by atoms with Crippen LogP contribution in [0.15, 0.2) is 24.3 Å². The number of ether oxygens (including phenoxy) is 2. The number of rotatable bonds is 14. The maximum Gasteiger partial charge on any atom is 0.338 e. The van der Waals surface area contributed by atoms with E-state index in [1.165, 1.54) is 57.1 Å². The van der Waals surface area contributed by atoms with E-state index in [2.05, 4.69) is 6.92 Å². The molecule has 0 heterocycles. The van der Waals surface area contributed by atoms with Crippen LogP contribution in [0.4, 0.5) is 0 Å². The summed E-state index contributed by atoms with van der Waals surface area (Å²) in [7, 11) is 0. The van der Waals surface area contributed by atoms with Crippen LogP contribution in [0.1, 0.15) is 85.4 Å². The predicted molar refractivity (Wildman–Crippen MR) is 110 cm³/mol. The highest BCUT2D eigenvalue weighted by Crippen LogP contribution is 2.11. The van der Waals surface area contributed by atoms with Gasteiger partial charge in [-0.2, -0.15) is 0 Å². The Labute approximate surface area is 172 Å². The number of halogens is 2. The second-order valence-corrected chi connectivity index (χ2v) is 7.81. The van der Waals surface area contributed by atoms with Gasteiger partial charge >= 0.3 is 11.9 Å². The van der Waals surface area contributed by atoms with Crippen LogP contribution in [0.2, 0.25) is 0 Å². The monoisotopic (exact) mass is 416 g/mol. The number of carbonyl (C=O) groups is 2. The fraction of sp³-hybridized carbons (Fsp3) is 0.619. The van der Waals surface area contributed by atoms with Crippen molar-refractivity contribution in [3.8, 4) is 0 Å². The Morgan fingerprint density at radius 3 is 1.70 bits per heavy atom. The molecular formula is C21H30Cl2O4. The molecule has 0 aliphatic carbocycles. The molecule has 0 amide bonds. The summed E-state index contributed by atoms with van der Waals surface area (Å²) < 4.78 is 10.2. The molecule has 0 unspecified atom stereocenters. The van der Waals surface area contributed by atoms with Crippen LogP contribution in [-0.2, 0) is 9.47 Å². The molecule has 1 aromatic rings. The van der Waals surface area contributed by atoms with Gasteiger partial charge in [-0.3, -0.25) is 0 Å². The molecule has 0 atom stereocenters. The van der Waals surface area contributed by atoms with Crippen molar-refractivity contribution in [1.82, 2.24) is 0 Å². The summed E-state index contributed by atoms with van der Waals surface area (Å²) in [6.45, 7) is 2.57. The Kier molecular flexibility index (Phi) is 13.0. The van der Waals surface area contributed by atoms with Gasteiger partial charge in [0.05, 0.1) is 17.7 Å². The van der Waals surface area contributed by atoms with E-state index in [1.807, 2.05) is 0 Å². The summed E-state index contributed by atoms with van der Waals surface area (Å²) in [5.41, 5.74) is 0.745. The first kappa shape index (κ1) is 23.8. The van der Waals surface area contributed by atoms with Crippen molar-refractivity contribution in [2.75, 3.05) is 13.2 Å². The van der Waals surface area contributed by atoms with Crippen molar-refractivity contribution in [3.63, 3.8) is 0 Å². The minimum absolute atomic E-state index is 0.0789. The molecule has 0 aliphatic rings. The minimum atomic E-state index is -0.760. The van der Waals surface area contributed by atoms with Crippen molar-refractivity contribution < 1.29 is 19.1 Å². The van der Waals surface area contributed by atoms with Crippen LogP contribution < -0.4 is 0 Å². The molecule has 0 aliphatic heterocycles. The maximum absolute atomic E-state index is 12.0. The third-order valence-corrected chi connectivity index (χ3v) is 4.43. The first-order valence-corrected chi connectivity index (χ1v) is 10.6. The molecule has 0 aromatic heterocycles. The van der Waals surface area contributed by atoms with Crippen molar-refractivity contribution in [1.29, 1.82) is 0 Å². The van der Waals surface area contributed by atoms with E-state index in [-0.39, 0.29) is 12.6 Å². The number of unbranched alkanes of at least 4 members (excludes halogenated alkanes) is 8. The SMILES string of the molecule is CCCCCCCCCCCOC(=O)c1ccc(C(=O)OCC(Cl)Cl)cc1. The van der Waals surface area contributed by atoms with Crippen LogP contribution in [0.5, 0.6) is 0 Å². The molecule has 0 N–H and O–H groups in total. The lowest BCUT2D eigenvalue weighted by atomic mass is 10.1. The summed E-state index contributed by atoms with van der Waals surface area (Å²) in [6, 6.07) is 6.14. The summed E-state index contributed by atoms with van der Waals surface area (Å²) >= 11 is 11.0. The van der Waals surface area contributed by atoms with Crippen molar-refractivity contribution in [2.45, 2.75) is 69.5 Å². The van der Waals surface area contributed by atoms with Gasteiger partial charge in [0.25, 0.3) is 0 Å². The van der Waals surface area contributed by atoms with E-state index in [4.69, 9.17) is 32.7 Å². The number of carbonyl (C=O) groups excluding carboxylic acids is 2.